The van der Waals surface area contributed by atoms with Crippen molar-refractivity contribution in [3.8, 4) is 0 Å². The molecule has 1 heterocycles. The molecule has 0 unspecified atom stereocenters. The Hall–Kier alpha value is -1.54. The highest BCUT2D eigenvalue weighted by Crippen LogP contribution is 2.11. The van der Waals surface area contributed by atoms with Gasteiger partial charge in [-0.2, -0.15) is 0 Å². The molecule has 1 aromatic rings. The van der Waals surface area contributed by atoms with Crippen LogP contribution in [0.15, 0.2) is 23.2 Å². The van der Waals surface area contributed by atoms with E-state index in [1.807, 2.05) is 0 Å². The lowest BCUT2D eigenvalue weighted by molar-refractivity contribution is -0.389. The van der Waals surface area contributed by atoms with E-state index in [4.69, 9.17) is 0 Å². The second kappa shape index (κ2) is 3.68. The second-order valence-corrected chi connectivity index (χ2v) is 4.20. The number of nitro groups is 1. The summed E-state index contributed by atoms with van der Waals surface area (Å²) in [6.45, 7) is 0. The van der Waals surface area contributed by atoms with Crippen LogP contribution in [0.25, 0.3) is 0 Å². The van der Waals surface area contributed by atoms with Crippen LogP contribution in [0.1, 0.15) is 0 Å². The summed E-state index contributed by atoms with van der Waals surface area (Å²) in [6, 6.07) is 2.15. The van der Waals surface area contributed by atoms with Crippen LogP contribution in [0.5, 0.6) is 0 Å². The monoisotopic (exact) mass is 217 g/mol. The minimum atomic E-state index is -3.58. The third-order valence-corrected chi connectivity index (χ3v) is 2.89. The summed E-state index contributed by atoms with van der Waals surface area (Å²) in [5.41, 5.74) is 0. The van der Waals surface area contributed by atoms with E-state index in [-0.39, 0.29) is 10.7 Å². The highest BCUT2D eigenvalue weighted by Gasteiger charge is 2.15. The minimum Gasteiger partial charge on any atom is -0.358 e. The first kappa shape index (κ1) is 10.5. The maximum absolute atomic E-state index is 11.2. The van der Waals surface area contributed by atoms with Gasteiger partial charge in [-0.05, 0) is 23.0 Å². The lowest BCUT2D eigenvalue weighted by Gasteiger charge is -1.98. The molecule has 0 atom stereocenters. The summed E-state index contributed by atoms with van der Waals surface area (Å²) in [4.78, 5) is 12.8. The Morgan fingerprint density at radius 1 is 1.50 bits per heavy atom. The van der Waals surface area contributed by atoms with Gasteiger partial charge in [0, 0.05) is 6.07 Å². The van der Waals surface area contributed by atoms with E-state index in [0.29, 0.717) is 0 Å². The summed E-state index contributed by atoms with van der Waals surface area (Å²) in [7, 11) is -2.33. The number of pyridine rings is 1. The molecule has 0 amide bonds. The van der Waals surface area contributed by atoms with E-state index in [9.17, 15) is 18.5 Å². The van der Waals surface area contributed by atoms with Gasteiger partial charge in [0.2, 0.25) is 10.0 Å². The maximum atomic E-state index is 11.2. The molecule has 0 spiro atoms. The molecule has 0 saturated heterocycles. The first-order chi connectivity index (χ1) is 6.47. The van der Waals surface area contributed by atoms with Gasteiger partial charge in [0.05, 0.1) is 0 Å². The van der Waals surface area contributed by atoms with Gasteiger partial charge in [0.15, 0.2) is 6.20 Å². The molecule has 0 saturated carbocycles. The molecule has 8 heteroatoms. The maximum Gasteiger partial charge on any atom is 0.363 e. The van der Waals surface area contributed by atoms with Crippen molar-refractivity contribution in [2.24, 2.45) is 0 Å². The quantitative estimate of drug-likeness (QED) is 0.562. The van der Waals surface area contributed by atoms with Crippen molar-refractivity contribution in [1.82, 2.24) is 9.71 Å². The van der Waals surface area contributed by atoms with Crippen molar-refractivity contribution < 1.29 is 13.3 Å². The number of aromatic nitrogens is 1. The van der Waals surface area contributed by atoms with Crippen LogP contribution in [0, 0.1) is 10.1 Å². The van der Waals surface area contributed by atoms with E-state index >= 15 is 0 Å². The first-order valence-corrected chi connectivity index (χ1v) is 4.99. The minimum absolute atomic E-state index is 0.106. The standard InChI is InChI=1S/C6H7N3O4S/c1-7-14(12,13)5-2-3-6(8-4-5)9(10)11/h2-4,7H,1H3. The summed E-state index contributed by atoms with van der Waals surface area (Å²) in [5.74, 6) is -0.389. The fourth-order valence-corrected chi connectivity index (χ4v) is 1.43. The van der Waals surface area contributed by atoms with Gasteiger partial charge in [-0.15, -0.1) is 0 Å². The Labute approximate surface area is 80.0 Å². The second-order valence-electron chi connectivity index (χ2n) is 2.32. The smallest absolute Gasteiger partial charge is 0.358 e. The van der Waals surface area contributed by atoms with Crippen LogP contribution in [-0.2, 0) is 10.0 Å². The Balaban J connectivity index is 3.12. The van der Waals surface area contributed by atoms with E-state index in [1.165, 1.54) is 7.05 Å². The number of nitrogens with zero attached hydrogens (tertiary/aromatic N) is 2. The van der Waals surface area contributed by atoms with E-state index in [0.717, 1.165) is 18.3 Å². The average molecular weight is 217 g/mol. The topological polar surface area (TPSA) is 102 Å². The van der Waals surface area contributed by atoms with Gasteiger partial charge < -0.3 is 10.1 Å². The van der Waals surface area contributed by atoms with Crippen molar-refractivity contribution in [3.63, 3.8) is 0 Å². The zero-order chi connectivity index (χ0) is 10.8. The van der Waals surface area contributed by atoms with Gasteiger partial charge in [-0.3, -0.25) is 0 Å². The number of rotatable bonds is 3. The fourth-order valence-electron chi connectivity index (χ4n) is 0.757. The molecule has 76 valence electrons. The third-order valence-electron chi connectivity index (χ3n) is 1.49. The van der Waals surface area contributed by atoms with Crippen LogP contribution in [0.3, 0.4) is 0 Å². The van der Waals surface area contributed by atoms with Crippen molar-refractivity contribution in [1.29, 1.82) is 0 Å². The van der Waals surface area contributed by atoms with Crippen molar-refractivity contribution in [3.05, 3.63) is 28.4 Å². The summed E-state index contributed by atoms with van der Waals surface area (Å²) >= 11 is 0. The van der Waals surface area contributed by atoms with Gasteiger partial charge in [0.25, 0.3) is 0 Å². The first-order valence-electron chi connectivity index (χ1n) is 3.51. The SMILES string of the molecule is CNS(=O)(=O)c1ccc([N+](=O)[O-])nc1. The number of sulfonamides is 1. The highest BCUT2D eigenvalue weighted by atomic mass is 32.2. The molecule has 1 aromatic heterocycles. The van der Waals surface area contributed by atoms with E-state index < -0.39 is 14.9 Å². The van der Waals surface area contributed by atoms with E-state index in [1.54, 1.807) is 0 Å². The van der Waals surface area contributed by atoms with Gasteiger partial charge in [-0.1, -0.05) is 0 Å². The van der Waals surface area contributed by atoms with Crippen LogP contribution in [-0.4, -0.2) is 25.4 Å². The molecule has 7 nitrogen and oxygen atoms in total. The lowest BCUT2D eigenvalue weighted by Crippen LogP contribution is -2.18. The molecular formula is C6H7N3O4S. The van der Waals surface area contributed by atoms with Crippen molar-refractivity contribution in [2.45, 2.75) is 4.90 Å². The summed E-state index contributed by atoms with van der Waals surface area (Å²) in [6.07, 6.45) is 0.934. The molecular weight excluding hydrogens is 210 g/mol. The zero-order valence-corrected chi connectivity index (χ0v) is 7.98. The number of nitrogens with one attached hydrogen (secondary N) is 1. The zero-order valence-electron chi connectivity index (χ0n) is 7.17. The fraction of sp³-hybridized carbons (Fsp3) is 0.167. The molecule has 0 aromatic carbocycles. The van der Waals surface area contributed by atoms with Gasteiger partial charge in [0.1, 0.15) is 4.90 Å². The lowest BCUT2D eigenvalue weighted by atomic mass is 10.5. The van der Waals surface area contributed by atoms with Gasteiger partial charge >= 0.3 is 5.82 Å². The molecule has 0 bridgehead atoms. The molecule has 1 N–H and O–H groups in total. The predicted octanol–water partition coefficient (Wildman–Crippen LogP) is -0.102. The summed E-state index contributed by atoms with van der Waals surface area (Å²) < 4.78 is 24.4. The van der Waals surface area contributed by atoms with Gasteiger partial charge in [-0.25, -0.2) is 13.1 Å². The van der Waals surface area contributed by atoms with Crippen LogP contribution >= 0.6 is 0 Å². The largest absolute Gasteiger partial charge is 0.363 e. The molecule has 0 fully saturated rings. The average Bonchev–Trinajstić information content (AvgIpc) is 2.18. The van der Waals surface area contributed by atoms with Crippen LogP contribution < -0.4 is 4.72 Å². The number of hydrogen-bond acceptors (Lipinski definition) is 5. The molecule has 0 radical (unpaired) electrons. The van der Waals surface area contributed by atoms with Crippen molar-refractivity contribution >= 4 is 15.8 Å². The van der Waals surface area contributed by atoms with Crippen LogP contribution in [0.4, 0.5) is 5.82 Å². The molecule has 0 aliphatic rings. The molecule has 1 rings (SSSR count). The normalized spacial score (nSPS) is 11.2. The molecule has 14 heavy (non-hydrogen) atoms. The van der Waals surface area contributed by atoms with E-state index in [2.05, 4.69) is 9.71 Å². The predicted molar refractivity (Wildman–Crippen MR) is 47.1 cm³/mol. The Morgan fingerprint density at radius 3 is 2.50 bits per heavy atom. The molecule has 0 aliphatic carbocycles. The Bertz CT molecular complexity index is 439. The summed E-state index contributed by atoms with van der Waals surface area (Å²) in [5, 5.41) is 10.2. The Kier molecular flexibility index (Phi) is 2.77. The molecule has 0 aliphatic heterocycles. The Morgan fingerprint density at radius 2 is 2.14 bits per heavy atom. The highest BCUT2D eigenvalue weighted by molar-refractivity contribution is 7.89. The third kappa shape index (κ3) is 2.03. The number of hydrogen-bond donors (Lipinski definition) is 1. The van der Waals surface area contributed by atoms with Crippen molar-refractivity contribution in [2.75, 3.05) is 7.05 Å². The van der Waals surface area contributed by atoms with Crippen LogP contribution in [0.2, 0.25) is 0 Å².